The number of hydrogen-bond acceptors (Lipinski definition) is 2. The van der Waals surface area contributed by atoms with Crippen molar-refractivity contribution in [1.29, 1.82) is 0 Å². The van der Waals surface area contributed by atoms with Gasteiger partial charge in [-0.05, 0) is 25.2 Å². The van der Waals surface area contributed by atoms with Gasteiger partial charge in [0.1, 0.15) is 0 Å². The number of allylic oxidation sites excluding steroid dienone is 1. The Labute approximate surface area is 96.4 Å². The standard InChI is InChI=1S/C11H18O2S2/c12-14-7-4-8-15(13)11(14)9-10-5-2-1-3-6-10/h9-10H,1-8H2. The van der Waals surface area contributed by atoms with E-state index in [4.69, 9.17) is 0 Å². The quantitative estimate of drug-likeness (QED) is 0.711. The Morgan fingerprint density at radius 1 is 0.933 bits per heavy atom. The first kappa shape index (κ1) is 11.5. The summed E-state index contributed by atoms with van der Waals surface area (Å²) in [7, 11) is -1.90. The van der Waals surface area contributed by atoms with Crippen LogP contribution in [0.1, 0.15) is 38.5 Å². The van der Waals surface area contributed by atoms with Gasteiger partial charge in [0.15, 0.2) is 0 Å². The summed E-state index contributed by atoms with van der Waals surface area (Å²) in [6.45, 7) is 0. The van der Waals surface area contributed by atoms with Gasteiger partial charge in [-0.25, -0.2) is 0 Å². The average molecular weight is 246 g/mol. The van der Waals surface area contributed by atoms with Gasteiger partial charge in [0.2, 0.25) is 0 Å². The Kier molecular flexibility index (Phi) is 4.14. The maximum atomic E-state index is 11.7. The zero-order chi connectivity index (χ0) is 10.7. The van der Waals surface area contributed by atoms with Crippen molar-refractivity contribution in [1.82, 2.24) is 0 Å². The highest BCUT2D eigenvalue weighted by Crippen LogP contribution is 2.28. The van der Waals surface area contributed by atoms with Gasteiger partial charge in [0, 0.05) is 11.5 Å². The van der Waals surface area contributed by atoms with Crippen molar-refractivity contribution in [3.8, 4) is 0 Å². The van der Waals surface area contributed by atoms with Gasteiger partial charge in [0.25, 0.3) is 0 Å². The van der Waals surface area contributed by atoms with Crippen molar-refractivity contribution in [3.63, 3.8) is 0 Å². The summed E-state index contributed by atoms with van der Waals surface area (Å²) in [6.07, 6.45) is 9.18. The van der Waals surface area contributed by atoms with Crippen LogP contribution in [-0.2, 0) is 21.6 Å². The van der Waals surface area contributed by atoms with E-state index in [1.54, 1.807) is 0 Å². The Morgan fingerprint density at radius 2 is 1.53 bits per heavy atom. The molecule has 2 rings (SSSR count). The molecule has 2 unspecified atom stereocenters. The third kappa shape index (κ3) is 3.00. The van der Waals surface area contributed by atoms with Crippen LogP contribution in [-0.4, -0.2) is 19.9 Å². The monoisotopic (exact) mass is 246 g/mol. The summed E-state index contributed by atoms with van der Waals surface area (Å²) < 4.78 is 24.2. The van der Waals surface area contributed by atoms with Gasteiger partial charge in [-0.3, -0.25) is 8.42 Å². The van der Waals surface area contributed by atoms with Crippen molar-refractivity contribution < 1.29 is 8.42 Å². The van der Waals surface area contributed by atoms with Crippen LogP contribution in [0.15, 0.2) is 10.3 Å². The second-order valence-electron chi connectivity index (χ2n) is 4.34. The van der Waals surface area contributed by atoms with Crippen LogP contribution in [0.5, 0.6) is 0 Å². The van der Waals surface area contributed by atoms with Crippen molar-refractivity contribution in [2.75, 3.05) is 11.5 Å². The molecule has 0 aromatic rings. The average Bonchev–Trinajstić information content (AvgIpc) is 2.25. The molecular formula is C11H18O2S2. The number of rotatable bonds is 1. The van der Waals surface area contributed by atoms with E-state index in [0.29, 0.717) is 17.4 Å². The lowest BCUT2D eigenvalue weighted by molar-refractivity contribution is 0.419. The second-order valence-corrected chi connectivity index (χ2v) is 7.67. The van der Waals surface area contributed by atoms with Crippen molar-refractivity contribution in [3.05, 3.63) is 10.3 Å². The minimum Gasteiger partial charge on any atom is -0.254 e. The molecule has 1 aliphatic carbocycles. The van der Waals surface area contributed by atoms with E-state index in [-0.39, 0.29) is 0 Å². The van der Waals surface area contributed by atoms with Crippen LogP contribution in [0.25, 0.3) is 0 Å². The van der Waals surface area contributed by atoms with E-state index in [2.05, 4.69) is 6.08 Å². The molecule has 2 aliphatic rings. The Morgan fingerprint density at radius 3 is 2.13 bits per heavy atom. The minimum absolute atomic E-state index is 0.541. The first-order valence-corrected chi connectivity index (χ1v) is 8.40. The molecule has 0 radical (unpaired) electrons. The van der Waals surface area contributed by atoms with E-state index < -0.39 is 21.6 Å². The summed E-state index contributed by atoms with van der Waals surface area (Å²) in [5.41, 5.74) is 0. The summed E-state index contributed by atoms with van der Waals surface area (Å²) in [4.78, 5) is 0. The van der Waals surface area contributed by atoms with Gasteiger partial charge in [-0.1, -0.05) is 25.3 Å². The highest BCUT2D eigenvalue weighted by molar-refractivity contribution is 8.09. The molecule has 1 heterocycles. The summed E-state index contributed by atoms with van der Waals surface area (Å²) >= 11 is 0. The van der Waals surface area contributed by atoms with E-state index in [9.17, 15) is 8.42 Å². The fourth-order valence-corrected chi connectivity index (χ4v) is 5.69. The molecule has 2 fully saturated rings. The maximum absolute atomic E-state index is 11.7. The molecule has 86 valence electrons. The summed E-state index contributed by atoms with van der Waals surface area (Å²) in [6, 6.07) is 0. The first-order chi connectivity index (χ1) is 7.27. The van der Waals surface area contributed by atoms with Gasteiger partial charge < -0.3 is 0 Å². The van der Waals surface area contributed by atoms with Gasteiger partial charge in [0.05, 0.1) is 25.8 Å². The number of hydrogen-bond donors (Lipinski definition) is 0. The lowest BCUT2D eigenvalue weighted by Crippen LogP contribution is -2.18. The molecule has 4 heteroatoms. The molecule has 15 heavy (non-hydrogen) atoms. The van der Waals surface area contributed by atoms with Crippen molar-refractivity contribution in [2.24, 2.45) is 5.92 Å². The molecule has 0 aromatic heterocycles. The van der Waals surface area contributed by atoms with Crippen LogP contribution in [0.2, 0.25) is 0 Å². The third-order valence-corrected chi connectivity index (χ3v) is 6.73. The molecule has 0 aromatic carbocycles. The summed E-state index contributed by atoms with van der Waals surface area (Å²) in [5.74, 6) is 1.97. The lowest BCUT2D eigenvalue weighted by atomic mass is 9.90. The van der Waals surface area contributed by atoms with Crippen LogP contribution >= 0.6 is 0 Å². The van der Waals surface area contributed by atoms with E-state index in [0.717, 1.165) is 10.7 Å². The minimum atomic E-state index is -0.949. The van der Waals surface area contributed by atoms with Gasteiger partial charge in [-0.15, -0.1) is 0 Å². The van der Waals surface area contributed by atoms with E-state index in [1.165, 1.54) is 32.1 Å². The van der Waals surface area contributed by atoms with Crippen LogP contribution in [0.4, 0.5) is 0 Å². The predicted molar refractivity (Wildman–Crippen MR) is 65.3 cm³/mol. The maximum Gasteiger partial charge on any atom is 0.0991 e. The highest BCUT2D eigenvalue weighted by atomic mass is 32.2. The van der Waals surface area contributed by atoms with Crippen molar-refractivity contribution in [2.45, 2.75) is 38.5 Å². The normalized spacial score (nSPS) is 34.0. The fraction of sp³-hybridized carbons (Fsp3) is 0.818. The zero-order valence-corrected chi connectivity index (χ0v) is 10.6. The molecule has 0 N–H and O–H groups in total. The van der Waals surface area contributed by atoms with Crippen LogP contribution in [0.3, 0.4) is 0 Å². The molecule has 2 atom stereocenters. The van der Waals surface area contributed by atoms with Crippen LogP contribution < -0.4 is 0 Å². The smallest absolute Gasteiger partial charge is 0.0991 e. The first-order valence-electron chi connectivity index (χ1n) is 5.76. The Bertz CT molecular complexity index is 286. The second kappa shape index (κ2) is 5.39. The third-order valence-electron chi connectivity index (χ3n) is 3.13. The topological polar surface area (TPSA) is 34.1 Å². The van der Waals surface area contributed by atoms with E-state index >= 15 is 0 Å². The lowest BCUT2D eigenvalue weighted by Gasteiger charge is -2.20. The predicted octanol–water partition coefficient (Wildman–Crippen LogP) is 2.31. The Balaban J connectivity index is 2.08. The zero-order valence-electron chi connectivity index (χ0n) is 8.94. The van der Waals surface area contributed by atoms with Gasteiger partial charge in [-0.2, -0.15) is 0 Å². The summed E-state index contributed by atoms with van der Waals surface area (Å²) in [5, 5.41) is 0. The Hall–Kier alpha value is 0.0400. The largest absolute Gasteiger partial charge is 0.254 e. The molecule has 0 bridgehead atoms. The van der Waals surface area contributed by atoms with Crippen molar-refractivity contribution >= 4 is 21.6 Å². The SMILES string of the molecule is O=S1CCCS(=O)C1=CC1CCCCC1. The van der Waals surface area contributed by atoms with E-state index in [1.807, 2.05) is 0 Å². The molecule has 1 aliphatic heterocycles. The molecule has 0 spiro atoms. The molecule has 2 nitrogen and oxygen atoms in total. The molecule has 1 saturated heterocycles. The fourth-order valence-electron chi connectivity index (χ4n) is 2.27. The van der Waals surface area contributed by atoms with Gasteiger partial charge >= 0.3 is 0 Å². The highest BCUT2D eigenvalue weighted by Gasteiger charge is 2.22. The van der Waals surface area contributed by atoms with Crippen LogP contribution in [0, 0.1) is 5.92 Å². The molecule has 1 saturated carbocycles. The molecular weight excluding hydrogens is 228 g/mol. The molecule has 0 amide bonds.